The van der Waals surface area contributed by atoms with Crippen LogP contribution in [0, 0.1) is 6.92 Å². The lowest BCUT2D eigenvalue weighted by atomic mass is 10.1. The van der Waals surface area contributed by atoms with E-state index in [0.717, 1.165) is 24.5 Å². The fourth-order valence-electron chi connectivity index (χ4n) is 2.50. The molecule has 0 amide bonds. The Bertz CT molecular complexity index is 511. The van der Waals surface area contributed by atoms with Crippen molar-refractivity contribution in [3.8, 4) is 0 Å². The molecule has 0 N–H and O–H groups in total. The molecule has 4 nitrogen and oxygen atoms in total. The Morgan fingerprint density at radius 3 is 3.06 bits per heavy atom. The summed E-state index contributed by atoms with van der Waals surface area (Å²) in [5.41, 5.74) is 4.18. The van der Waals surface area contributed by atoms with E-state index in [-0.39, 0.29) is 0 Å². The number of aryl methyl sites for hydroxylation is 1. The Morgan fingerprint density at radius 1 is 1.39 bits per heavy atom. The number of thiazole rings is 1. The molecule has 2 aromatic rings. The maximum Gasteiger partial charge on any atom is 0.0798 e. The van der Waals surface area contributed by atoms with Gasteiger partial charge in [0.05, 0.1) is 22.9 Å². The summed E-state index contributed by atoms with van der Waals surface area (Å²) in [6.07, 6.45) is 7.82. The molecule has 5 heteroatoms. The first kappa shape index (κ1) is 11.7. The zero-order valence-electron chi connectivity index (χ0n) is 10.4. The highest BCUT2D eigenvalue weighted by Crippen LogP contribution is 2.32. The Hall–Kier alpha value is -1.33. The quantitative estimate of drug-likeness (QED) is 0.850. The van der Waals surface area contributed by atoms with E-state index in [1.54, 1.807) is 23.7 Å². The molecule has 1 atom stereocenters. The molecular weight excluding hydrogens is 244 g/mol. The SMILES string of the molecule is Cc1ncsc1CN1CCCC1c1cnccn1. The van der Waals surface area contributed by atoms with E-state index in [1.165, 1.54) is 17.7 Å². The summed E-state index contributed by atoms with van der Waals surface area (Å²) >= 11 is 1.74. The molecule has 0 aromatic carbocycles. The number of aromatic nitrogens is 3. The lowest BCUT2D eigenvalue weighted by Gasteiger charge is -2.23. The molecule has 2 aromatic heterocycles. The van der Waals surface area contributed by atoms with E-state index in [0.29, 0.717) is 6.04 Å². The van der Waals surface area contributed by atoms with Crippen LogP contribution in [0.4, 0.5) is 0 Å². The van der Waals surface area contributed by atoms with Gasteiger partial charge in [-0.2, -0.15) is 0 Å². The van der Waals surface area contributed by atoms with Crippen LogP contribution in [0.25, 0.3) is 0 Å². The van der Waals surface area contributed by atoms with Gasteiger partial charge < -0.3 is 0 Å². The predicted molar refractivity (Wildman–Crippen MR) is 71.3 cm³/mol. The fourth-order valence-corrected chi connectivity index (χ4v) is 3.30. The summed E-state index contributed by atoms with van der Waals surface area (Å²) in [6, 6.07) is 0.417. The first-order valence-corrected chi connectivity index (χ1v) is 7.11. The summed E-state index contributed by atoms with van der Waals surface area (Å²) < 4.78 is 0. The van der Waals surface area contributed by atoms with Crippen molar-refractivity contribution in [3.63, 3.8) is 0 Å². The molecule has 94 valence electrons. The van der Waals surface area contributed by atoms with Crippen LogP contribution in [0.5, 0.6) is 0 Å². The summed E-state index contributed by atoms with van der Waals surface area (Å²) in [5, 5.41) is 0. The topological polar surface area (TPSA) is 41.9 Å². The maximum absolute atomic E-state index is 4.45. The zero-order chi connectivity index (χ0) is 12.4. The van der Waals surface area contributed by atoms with Crippen LogP contribution in [0.1, 0.15) is 35.1 Å². The minimum Gasteiger partial charge on any atom is -0.290 e. The monoisotopic (exact) mass is 260 g/mol. The van der Waals surface area contributed by atoms with E-state index < -0.39 is 0 Å². The number of hydrogen-bond acceptors (Lipinski definition) is 5. The molecule has 0 radical (unpaired) electrons. The highest BCUT2D eigenvalue weighted by atomic mass is 32.1. The normalized spacial score (nSPS) is 20.4. The Balaban J connectivity index is 1.78. The summed E-state index contributed by atoms with van der Waals surface area (Å²) in [6.45, 7) is 4.20. The van der Waals surface area contributed by atoms with Gasteiger partial charge in [-0.1, -0.05) is 0 Å². The highest BCUT2D eigenvalue weighted by molar-refractivity contribution is 7.09. The smallest absolute Gasteiger partial charge is 0.0798 e. The van der Waals surface area contributed by atoms with Crippen molar-refractivity contribution < 1.29 is 0 Å². The third-order valence-corrected chi connectivity index (χ3v) is 4.40. The molecular formula is C13H16N4S. The average Bonchev–Trinajstić information content (AvgIpc) is 3.01. The first-order chi connectivity index (χ1) is 8.84. The second-order valence-corrected chi connectivity index (χ2v) is 5.56. The standard InChI is InChI=1S/C13H16N4S/c1-10-13(18-9-16-10)8-17-6-2-3-12(17)11-7-14-4-5-15-11/h4-5,7,9,12H,2-3,6,8H2,1H3. The molecule has 0 aliphatic carbocycles. The van der Waals surface area contributed by atoms with Crippen LogP contribution in [-0.2, 0) is 6.54 Å². The van der Waals surface area contributed by atoms with Crippen molar-refractivity contribution in [2.24, 2.45) is 0 Å². The molecule has 1 fully saturated rings. The van der Waals surface area contributed by atoms with Crippen molar-refractivity contribution in [1.29, 1.82) is 0 Å². The van der Waals surface area contributed by atoms with Crippen LogP contribution >= 0.6 is 11.3 Å². The minimum atomic E-state index is 0.417. The van der Waals surface area contributed by atoms with Gasteiger partial charge >= 0.3 is 0 Å². The summed E-state index contributed by atoms with van der Waals surface area (Å²) in [7, 11) is 0. The van der Waals surface area contributed by atoms with Gasteiger partial charge in [-0.05, 0) is 26.3 Å². The van der Waals surface area contributed by atoms with Crippen molar-refractivity contribution in [3.05, 3.63) is 40.4 Å². The highest BCUT2D eigenvalue weighted by Gasteiger charge is 2.27. The zero-order valence-corrected chi connectivity index (χ0v) is 11.2. The van der Waals surface area contributed by atoms with E-state index in [9.17, 15) is 0 Å². The Kier molecular flexibility index (Phi) is 3.34. The fraction of sp³-hybridized carbons (Fsp3) is 0.462. The van der Waals surface area contributed by atoms with Gasteiger partial charge in [-0.15, -0.1) is 11.3 Å². The average molecular weight is 260 g/mol. The third kappa shape index (κ3) is 2.28. The summed E-state index contributed by atoms with van der Waals surface area (Å²) in [4.78, 5) is 16.8. The van der Waals surface area contributed by atoms with E-state index in [4.69, 9.17) is 0 Å². The molecule has 1 saturated heterocycles. The lowest BCUT2D eigenvalue weighted by Crippen LogP contribution is -2.23. The van der Waals surface area contributed by atoms with Crippen LogP contribution in [0.3, 0.4) is 0 Å². The maximum atomic E-state index is 4.45. The van der Waals surface area contributed by atoms with Gasteiger partial charge in [0.15, 0.2) is 0 Å². The molecule has 1 aliphatic heterocycles. The van der Waals surface area contributed by atoms with Crippen molar-refractivity contribution in [2.45, 2.75) is 32.4 Å². The van der Waals surface area contributed by atoms with Gasteiger partial charge in [-0.3, -0.25) is 14.9 Å². The van der Waals surface area contributed by atoms with Crippen molar-refractivity contribution in [2.75, 3.05) is 6.54 Å². The molecule has 18 heavy (non-hydrogen) atoms. The summed E-state index contributed by atoms with van der Waals surface area (Å²) in [5.74, 6) is 0. The molecule has 0 bridgehead atoms. The number of nitrogens with zero attached hydrogens (tertiary/aromatic N) is 4. The minimum absolute atomic E-state index is 0.417. The van der Waals surface area contributed by atoms with Crippen molar-refractivity contribution >= 4 is 11.3 Å². The molecule has 1 unspecified atom stereocenters. The van der Waals surface area contributed by atoms with Gasteiger partial charge in [-0.25, -0.2) is 4.98 Å². The largest absolute Gasteiger partial charge is 0.290 e. The van der Waals surface area contributed by atoms with Crippen LogP contribution in [0.15, 0.2) is 24.1 Å². The van der Waals surface area contributed by atoms with Crippen LogP contribution < -0.4 is 0 Å². The molecule has 0 saturated carbocycles. The van der Waals surface area contributed by atoms with Crippen LogP contribution in [-0.4, -0.2) is 26.4 Å². The van der Waals surface area contributed by atoms with Gasteiger partial charge in [0.25, 0.3) is 0 Å². The third-order valence-electron chi connectivity index (χ3n) is 3.48. The van der Waals surface area contributed by atoms with E-state index in [2.05, 4.69) is 26.8 Å². The van der Waals surface area contributed by atoms with Crippen molar-refractivity contribution in [1.82, 2.24) is 19.9 Å². The Morgan fingerprint density at radius 2 is 2.33 bits per heavy atom. The lowest BCUT2D eigenvalue weighted by molar-refractivity contribution is 0.245. The number of rotatable bonds is 3. The van der Waals surface area contributed by atoms with Crippen LogP contribution in [0.2, 0.25) is 0 Å². The molecule has 0 spiro atoms. The second-order valence-electron chi connectivity index (χ2n) is 4.62. The van der Waals surface area contributed by atoms with Gasteiger partial charge in [0.2, 0.25) is 0 Å². The van der Waals surface area contributed by atoms with Gasteiger partial charge in [0, 0.05) is 30.0 Å². The first-order valence-electron chi connectivity index (χ1n) is 6.23. The van der Waals surface area contributed by atoms with Gasteiger partial charge in [0.1, 0.15) is 0 Å². The molecule has 1 aliphatic rings. The predicted octanol–water partition coefficient (Wildman–Crippen LogP) is 2.58. The van der Waals surface area contributed by atoms with E-state index in [1.807, 2.05) is 11.7 Å². The number of hydrogen-bond donors (Lipinski definition) is 0. The molecule has 3 heterocycles. The Labute approximate surface area is 111 Å². The number of likely N-dealkylation sites (tertiary alicyclic amines) is 1. The van der Waals surface area contributed by atoms with E-state index >= 15 is 0 Å². The second kappa shape index (κ2) is 5.12. The molecule has 3 rings (SSSR count).